The molecular formula is C28H59Nd2O8P2+3. The fraction of sp³-hybridized carbons (Fsp3) is 1.00. The minimum absolute atomic E-state index is 0. The Morgan fingerprint density at radius 1 is 0.525 bits per heavy atom. The molecule has 0 saturated carbocycles. The van der Waals surface area contributed by atoms with Crippen LogP contribution in [0.4, 0.5) is 0 Å². The molecular weight excluding hydrogens is 815 g/mol. The normalized spacial score (nSPS) is 14.2. The first-order valence-corrected chi connectivity index (χ1v) is 18.2. The molecule has 0 aromatic heterocycles. The van der Waals surface area contributed by atoms with Crippen LogP contribution in [0.5, 0.6) is 0 Å². The summed E-state index contributed by atoms with van der Waals surface area (Å²) in [5, 5.41) is 0. The van der Waals surface area contributed by atoms with Crippen molar-refractivity contribution in [2.24, 2.45) is 11.8 Å². The summed E-state index contributed by atoms with van der Waals surface area (Å²) in [5.41, 5.74) is 0. The average molecular weight is 874 g/mol. The molecule has 234 valence electrons. The summed E-state index contributed by atoms with van der Waals surface area (Å²) >= 11 is 0. The maximum absolute atomic E-state index is 11.8. The average Bonchev–Trinajstić information content (AvgIpc) is 2.87. The van der Waals surface area contributed by atoms with Crippen molar-refractivity contribution in [2.45, 2.75) is 150 Å². The second-order valence-electron chi connectivity index (χ2n) is 10.3. The van der Waals surface area contributed by atoms with Crippen molar-refractivity contribution in [3.63, 3.8) is 0 Å². The van der Waals surface area contributed by atoms with Gasteiger partial charge in [-0.1, -0.05) is 131 Å². The van der Waals surface area contributed by atoms with E-state index in [4.69, 9.17) is 9.05 Å². The summed E-state index contributed by atoms with van der Waals surface area (Å²) in [6, 6.07) is 0. The van der Waals surface area contributed by atoms with Crippen molar-refractivity contribution in [1.29, 1.82) is 0 Å². The van der Waals surface area contributed by atoms with Gasteiger partial charge in [0.15, 0.2) is 0 Å². The van der Waals surface area contributed by atoms with Gasteiger partial charge in [-0.15, -0.1) is 0 Å². The van der Waals surface area contributed by atoms with E-state index < -0.39 is 15.6 Å². The Bertz CT molecular complexity index is 573. The van der Waals surface area contributed by atoms with Crippen molar-refractivity contribution in [2.75, 3.05) is 19.8 Å². The zero-order valence-electron chi connectivity index (χ0n) is 26.2. The Morgan fingerprint density at radius 2 is 0.875 bits per heavy atom. The Morgan fingerprint density at radius 3 is 1.20 bits per heavy atom. The third-order valence-electron chi connectivity index (χ3n) is 6.77. The predicted molar refractivity (Wildman–Crippen MR) is 152 cm³/mol. The smallest absolute Gasteiger partial charge is 0.790 e. The Balaban J connectivity index is -0.000000315. The van der Waals surface area contributed by atoms with Gasteiger partial charge in [-0.25, -0.2) is 0 Å². The molecule has 0 aromatic carbocycles. The minimum Gasteiger partial charge on any atom is -0.790 e. The molecule has 2 atom stereocenters. The van der Waals surface area contributed by atoms with Gasteiger partial charge >= 0.3 is 81.7 Å². The molecule has 0 N–H and O–H groups in total. The second kappa shape index (κ2) is 34.8. The fourth-order valence-electron chi connectivity index (χ4n) is 3.99. The van der Waals surface area contributed by atoms with E-state index in [1.807, 2.05) is 0 Å². The molecule has 0 aromatic rings. The second-order valence-corrected chi connectivity index (χ2v) is 12.9. The third-order valence-corrected chi connectivity index (χ3v) is 8.20. The summed E-state index contributed by atoms with van der Waals surface area (Å²) < 4.78 is 36.2. The molecule has 0 heterocycles. The van der Waals surface area contributed by atoms with E-state index in [1.54, 1.807) is 0 Å². The zero-order chi connectivity index (χ0) is 29.1. The molecule has 0 saturated heterocycles. The Kier molecular flexibility index (Phi) is 43.3. The van der Waals surface area contributed by atoms with Crippen LogP contribution < -0.4 is 14.7 Å². The van der Waals surface area contributed by atoms with Crippen molar-refractivity contribution < 1.29 is 119 Å². The zero-order valence-corrected chi connectivity index (χ0v) is 34.4. The van der Waals surface area contributed by atoms with Gasteiger partial charge < -0.3 is 32.8 Å². The molecule has 0 aliphatic rings. The van der Waals surface area contributed by atoms with Crippen molar-refractivity contribution in [3.05, 3.63) is 0 Å². The first-order chi connectivity index (χ1) is 18.0. The van der Waals surface area contributed by atoms with Gasteiger partial charge in [-0.05, 0) is 31.1 Å². The number of phosphoric ester groups is 2. The van der Waals surface area contributed by atoms with Gasteiger partial charge in [0.25, 0.3) is 7.82 Å². The maximum atomic E-state index is 11.8. The van der Waals surface area contributed by atoms with E-state index in [0.717, 1.165) is 64.2 Å². The summed E-state index contributed by atoms with van der Waals surface area (Å²) in [6.45, 7) is 11.2. The van der Waals surface area contributed by atoms with Gasteiger partial charge in [0.05, 0.1) is 27.6 Å². The minimum atomic E-state index is -4.74. The number of unbranched alkanes of at least 4 members (excludes halogenated alkanes) is 11. The summed E-state index contributed by atoms with van der Waals surface area (Å²) in [4.78, 5) is 32.1. The Hall–Kier alpha value is 2.92. The van der Waals surface area contributed by atoms with Gasteiger partial charge in [0, 0.05) is 0 Å². The number of hydrogen-bond acceptors (Lipinski definition) is 8. The number of rotatable bonds is 26. The van der Waals surface area contributed by atoms with Crippen LogP contribution >= 0.6 is 15.6 Å². The van der Waals surface area contributed by atoms with Gasteiger partial charge in [-0.3, -0.25) is 4.57 Å². The van der Waals surface area contributed by atoms with Crippen LogP contribution in [0.3, 0.4) is 0 Å². The monoisotopic (exact) mass is 869 g/mol. The fourth-order valence-corrected chi connectivity index (χ4v) is 5.21. The van der Waals surface area contributed by atoms with Crippen LogP contribution in [0.1, 0.15) is 150 Å². The van der Waals surface area contributed by atoms with Crippen LogP contribution in [0.15, 0.2) is 0 Å². The number of phosphoric acid groups is 2. The van der Waals surface area contributed by atoms with E-state index in [-0.39, 0.29) is 101 Å². The summed E-state index contributed by atoms with van der Waals surface area (Å²) in [6.07, 6.45) is 20.1. The van der Waals surface area contributed by atoms with E-state index >= 15 is 0 Å². The van der Waals surface area contributed by atoms with Gasteiger partial charge in [-0.2, -0.15) is 0 Å². The molecule has 2 unspecified atom stereocenters. The molecule has 0 amide bonds. The van der Waals surface area contributed by atoms with E-state index in [1.165, 1.54) is 44.9 Å². The standard InChI is InChI=1S/C16H35O4P.C12H27O4P.2Nd/c1-5-9-11-15(7-3)13-19-21(17,18)20-14-16(8-4)12-10-6-2;1-2-3-4-5-6-7-8-9-10-11-12-16-17(13,14)15;;/h15-16H,5-14H2,1-4H3,(H,17,18);2-12H2,1H3,(H2,13,14,15);;/q;;2*+3/p-3. The molecule has 8 nitrogen and oxygen atoms in total. The summed E-state index contributed by atoms with van der Waals surface area (Å²) in [5.74, 6) is 0.607. The first kappa shape index (κ1) is 49.8. The molecule has 0 spiro atoms. The quantitative estimate of drug-likeness (QED) is 0.0640. The van der Waals surface area contributed by atoms with E-state index in [0.29, 0.717) is 18.3 Å². The van der Waals surface area contributed by atoms with Crippen molar-refractivity contribution in [1.82, 2.24) is 0 Å². The molecule has 40 heavy (non-hydrogen) atoms. The van der Waals surface area contributed by atoms with Crippen LogP contribution in [-0.4, -0.2) is 19.8 Å². The van der Waals surface area contributed by atoms with E-state index in [2.05, 4.69) is 39.1 Å². The van der Waals surface area contributed by atoms with Crippen LogP contribution in [0.2, 0.25) is 0 Å². The van der Waals surface area contributed by atoms with Gasteiger partial charge in [0.1, 0.15) is 0 Å². The Labute approximate surface area is 312 Å². The molecule has 0 fully saturated rings. The molecule has 2 radical (unpaired) electrons. The summed E-state index contributed by atoms with van der Waals surface area (Å²) in [7, 11) is -8.88. The number of hydrogen-bond donors (Lipinski definition) is 0. The SMILES string of the molecule is CCCCC(CC)COP(=O)([O-])OCC(CC)CCCC.CCCCCCCCCCCCOP(=O)([O-])[O-].[Nd+3].[Nd+3]. The molecule has 0 bridgehead atoms. The van der Waals surface area contributed by atoms with Crippen LogP contribution in [0.25, 0.3) is 0 Å². The molecule has 0 rings (SSSR count). The van der Waals surface area contributed by atoms with Gasteiger partial charge in [0.2, 0.25) is 0 Å². The van der Waals surface area contributed by atoms with E-state index in [9.17, 15) is 23.8 Å². The third kappa shape index (κ3) is 38.9. The predicted octanol–water partition coefficient (Wildman–Crippen LogP) is 7.67. The molecule has 0 aliphatic carbocycles. The van der Waals surface area contributed by atoms with Crippen LogP contribution in [0, 0.1) is 93.5 Å². The molecule has 0 aliphatic heterocycles. The largest absolute Gasteiger partial charge is 3.00 e. The maximum Gasteiger partial charge on any atom is 3.00 e. The molecule has 12 heteroatoms. The van der Waals surface area contributed by atoms with Crippen molar-refractivity contribution >= 4 is 15.6 Å². The van der Waals surface area contributed by atoms with Crippen LogP contribution in [-0.2, 0) is 22.7 Å². The topological polar surface area (TPSA) is 131 Å². The van der Waals surface area contributed by atoms with Crippen molar-refractivity contribution in [3.8, 4) is 0 Å². The first-order valence-electron chi connectivity index (χ1n) is 15.3.